The minimum absolute atomic E-state index is 0. The van der Waals surface area contributed by atoms with Gasteiger partial charge in [-0.2, -0.15) is 0 Å². The van der Waals surface area contributed by atoms with E-state index < -0.39 is 5.97 Å². The van der Waals surface area contributed by atoms with Gasteiger partial charge in [0.05, 0.1) is 0 Å². The summed E-state index contributed by atoms with van der Waals surface area (Å²) in [4.78, 5) is 11.1. The molecule has 0 spiro atoms. The van der Waals surface area contributed by atoms with Crippen LogP contribution in [0.1, 0.15) is 54.1 Å². The Morgan fingerprint density at radius 3 is 2.45 bits per heavy atom. The van der Waals surface area contributed by atoms with Crippen LogP contribution in [-0.2, 0) is 0 Å². The molecule has 0 heterocycles. The Balaban J connectivity index is 0.00000200. The number of carboxylic acid groups (broad SMARTS) is 1. The Morgan fingerprint density at radius 1 is 1.30 bits per heavy atom. The average Bonchev–Trinajstić information content (AvgIpc) is 2.39. The summed E-state index contributed by atoms with van der Waals surface area (Å²) in [6, 6.07) is 2.70. The van der Waals surface area contributed by atoms with E-state index in [1.54, 1.807) is 6.07 Å². The lowest BCUT2D eigenvalue weighted by atomic mass is 9.81. The zero-order chi connectivity index (χ0) is 14.0. The van der Waals surface area contributed by atoms with E-state index in [2.05, 4.69) is 15.9 Å². The summed E-state index contributed by atoms with van der Waals surface area (Å²) >= 11 is 3.36. The van der Waals surface area contributed by atoms with Crippen LogP contribution in [0.5, 0.6) is 5.75 Å². The maximum Gasteiger partial charge on any atom is 0.339 e. The van der Waals surface area contributed by atoms with Crippen molar-refractivity contribution in [2.24, 2.45) is 11.7 Å². The van der Waals surface area contributed by atoms with E-state index in [-0.39, 0.29) is 29.8 Å². The third-order valence-corrected chi connectivity index (χ3v) is 4.58. The first-order valence-corrected chi connectivity index (χ1v) is 7.32. The zero-order valence-corrected chi connectivity index (χ0v) is 13.4. The maximum absolute atomic E-state index is 11.1. The fourth-order valence-electron chi connectivity index (χ4n) is 2.80. The molecule has 1 aromatic rings. The number of hydrogen-bond acceptors (Lipinski definition) is 3. The SMILES string of the molecule is Cl.N[C@H](c1c(Br)ccc(C(=O)O)c1O)C1CCCCC1. The quantitative estimate of drug-likeness (QED) is 0.760. The van der Waals surface area contributed by atoms with E-state index >= 15 is 0 Å². The molecule has 1 aliphatic carbocycles. The average molecular weight is 365 g/mol. The summed E-state index contributed by atoms with van der Waals surface area (Å²) < 4.78 is 0.674. The van der Waals surface area contributed by atoms with Crippen molar-refractivity contribution in [1.29, 1.82) is 0 Å². The maximum atomic E-state index is 11.1. The molecule has 0 radical (unpaired) electrons. The lowest BCUT2D eigenvalue weighted by Gasteiger charge is -2.29. The molecule has 2 rings (SSSR count). The van der Waals surface area contributed by atoms with Crippen LogP contribution < -0.4 is 5.73 Å². The van der Waals surface area contributed by atoms with Crippen molar-refractivity contribution in [3.05, 3.63) is 27.7 Å². The van der Waals surface area contributed by atoms with Crippen molar-refractivity contribution in [3.8, 4) is 5.75 Å². The van der Waals surface area contributed by atoms with Gasteiger partial charge >= 0.3 is 5.97 Å². The summed E-state index contributed by atoms with van der Waals surface area (Å²) in [5.41, 5.74) is 6.68. The molecule has 0 unspecified atom stereocenters. The monoisotopic (exact) mass is 363 g/mol. The summed E-state index contributed by atoms with van der Waals surface area (Å²) in [5, 5.41) is 19.2. The highest BCUT2D eigenvalue weighted by Gasteiger charge is 2.27. The van der Waals surface area contributed by atoms with E-state index in [4.69, 9.17) is 10.8 Å². The van der Waals surface area contributed by atoms with Gasteiger partial charge in [0.1, 0.15) is 11.3 Å². The number of nitrogens with two attached hydrogens (primary N) is 1. The molecule has 4 nitrogen and oxygen atoms in total. The number of phenols is 1. The Kier molecular flexibility index (Phi) is 6.30. The molecule has 112 valence electrons. The first-order valence-electron chi connectivity index (χ1n) is 6.52. The molecule has 0 amide bonds. The lowest BCUT2D eigenvalue weighted by Crippen LogP contribution is -2.24. The third-order valence-electron chi connectivity index (χ3n) is 3.89. The number of carbonyl (C=O) groups is 1. The number of halogens is 2. The van der Waals surface area contributed by atoms with Gasteiger partial charge in [-0.25, -0.2) is 4.79 Å². The minimum atomic E-state index is -1.14. The predicted octanol–water partition coefficient (Wildman–Crippen LogP) is 3.85. The summed E-state index contributed by atoms with van der Waals surface area (Å²) in [5.74, 6) is -1.04. The molecule has 1 atom stereocenters. The highest BCUT2D eigenvalue weighted by molar-refractivity contribution is 9.10. The molecule has 20 heavy (non-hydrogen) atoms. The molecule has 0 saturated heterocycles. The number of aromatic hydroxyl groups is 1. The smallest absolute Gasteiger partial charge is 0.339 e. The molecular formula is C14H19BrClNO3. The van der Waals surface area contributed by atoms with Gasteiger partial charge < -0.3 is 15.9 Å². The predicted molar refractivity (Wildman–Crippen MR) is 83.5 cm³/mol. The van der Waals surface area contributed by atoms with Gasteiger partial charge in [0.2, 0.25) is 0 Å². The molecule has 1 aromatic carbocycles. The summed E-state index contributed by atoms with van der Waals surface area (Å²) in [6.45, 7) is 0. The normalized spacial score (nSPS) is 17.3. The van der Waals surface area contributed by atoms with Crippen molar-refractivity contribution < 1.29 is 15.0 Å². The number of benzene rings is 1. The van der Waals surface area contributed by atoms with Gasteiger partial charge in [0.15, 0.2) is 0 Å². The number of rotatable bonds is 3. The van der Waals surface area contributed by atoms with E-state index in [1.807, 2.05) is 0 Å². The standard InChI is InChI=1S/C14H18BrNO3.ClH/c15-10-7-6-9(14(18)19)13(17)11(10)12(16)8-4-2-1-3-5-8;/h6-8,12,17H,1-5,16H2,(H,18,19);1H/t12-;/m0./s1. The molecule has 0 aromatic heterocycles. The van der Waals surface area contributed by atoms with Crippen molar-refractivity contribution in [1.82, 2.24) is 0 Å². The van der Waals surface area contributed by atoms with Gasteiger partial charge in [-0.15, -0.1) is 12.4 Å². The minimum Gasteiger partial charge on any atom is -0.507 e. The molecule has 0 bridgehead atoms. The number of hydrogen-bond donors (Lipinski definition) is 3. The molecule has 1 aliphatic rings. The van der Waals surface area contributed by atoms with Crippen LogP contribution >= 0.6 is 28.3 Å². The fraction of sp³-hybridized carbons (Fsp3) is 0.500. The Hall–Kier alpha value is -0.780. The number of aromatic carboxylic acids is 1. The summed E-state index contributed by atoms with van der Waals surface area (Å²) in [7, 11) is 0. The van der Waals surface area contributed by atoms with Crippen molar-refractivity contribution in [2.45, 2.75) is 38.1 Å². The van der Waals surface area contributed by atoms with Crippen molar-refractivity contribution in [3.63, 3.8) is 0 Å². The van der Waals surface area contributed by atoms with Crippen molar-refractivity contribution in [2.75, 3.05) is 0 Å². The zero-order valence-electron chi connectivity index (χ0n) is 11.0. The Labute approximate surface area is 132 Å². The molecule has 6 heteroatoms. The van der Waals surface area contributed by atoms with Crippen LogP contribution in [0, 0.1) is 5.92 Å². The molecule has 0 aliphatic heterocycles. The van der Waals surface area contributed by atoms with Gasteiger partial charge in [0, 0.05) is 16.1 Å². The topological polar surface area (TPSA) is 83.6 Å². The van der Waals surface area contributed by atoms with Gasteiger partial charge in [-0.3, -0.25) is 0 Å². The highest BCUT2D eigenvalue weighted by Crippen LogP contribution is 2.40. The molecule has 4 N–H and O–H groups in total. The van der Waals surface area contributed by atoms with Gasteiger partial charge in [0.25, 0.3) is 0 Å². The van der Waals surface area contributed by atoms with E-state index in [1.165, 1.54) is 12.5 Å². The van der Waals surface area contributed by atoms with Gasteiger partial charge in [-0.05, 0) is 30.9 Å². The first kappa shape index (κ1) is 17.3. The van der Waals surface area contributed by atoms with Crippen molar-refractivity contribution >= 4 is 34.3 Å². The largest absolute Gasteiger partial charge is 0.507 e. The second-order valence-electron chi connectivity index (χ2n) is 5.09. The lowest BCUT2D eigenvalue weighted by molar-refractivity contribution is 0.0693. The second-order valence-corrected chi connectivity index (χ2v) is 5.94. The third kappa shape index (κ3) is 3.45. The Morgan fingerprint density at radius 2 is 1.90 bits per heavy atom. The van der Waals surface area contributed by atoms with Gasteiger partial charge in [-0.1, -0.05) is 35.2 Å². The second kappa shape index (κ2) is 7.29. The van der Waals surface area contributed by atoms with Crippen LogP contribution in [0.2, 0.25) is 0 Å². The van der Waals surface area contributed by atoms with Crippen LogP contribution in [0.15, 0.2) is 16.6 Å². The van der Waals surface area contributed by atoms with Crippen LogP contribution in [0.25, 0.3) is 0 Å². The first-order chi connectivity index (χ1) is 9.02. The van der Waals surface area contributed by atoms with Crippen LogP contribution in [0.3, 0.4) is 0 Å². The molecule has 1 saturated carbocycles. The molecule has 1 fully saturated rings. The highest BCUT2D eigenvalue weighted by atomic mass is 79.9. The van der Waals surface area contributed by atoms with E-state index in [0.717, 1.165) is 25.7 Å². The van der Waals surface area contributed by atoms with Crippen LogP contribution in [0.4, 0.5) is 0 Å². The molecular weight excluding hydrogens is 346 g/mol. The van der Waals surface area contributed by atoms with E-state index in [9.17, 15) is 9.90 Å². The fourth-order valence-corrected chi connectivity index (χ4v) is 3.39. The summed E-state index contributed by atoms with van der Waals surface area (Å²) in [6.07, 6.45) is 5.59. The van der Waals surface area contributed by atoms with Crippen LogP contribution in [-0.4, -0.2) is 16.2 Å². The van der Waals surface area contributed by atoms with E-state index in [0.29, 0.717) is 16.0 Å². The Bertz CT molecular complexity index is 490. The number of carboxylic acids is 1.